The molecule has 20 heavy (non-hydrogen) atoms. The van der Waals surface area contributed by atoms with Gasteiger partial charge in [0.25, 0.3) is 0 Å². The van der Waals surface area contributed by atoms with Crippen molar-refractivity contribution >= 4 is 10.8 Å². The Balaban J connectivity index is 2.24. The molecule has 0 aromatic heterocycles. The Morgan fingerprint density at radius 2 is 2.00 bits per heavy atom. The highest BCUT2D eigenvalue weighted by Gasteiger charge is 2.35. The highest BCUT2D eigenvalue weighted by Crippen LogP contribution is 2.34. The predicted octanol–water partition coefficient (Wildman–Crippen LogP) is 3.22. The molecule has 2 rings (SSSR count). The number of hydrogen-bond donors (Lipinski definition) is 1. The maximum atomic E-state index is 13.8. The standard InChI is InChI=1S/C15H21F2NOS/c1-9(2)10-3-6-13(18)15(7-10)20(19)14-8-11(16)4-5-12(14)17/h4-5,8-10,13,15H,3,6-7,18H2,1-2H3. The first kappa shape index (κ1) is 15.6. The Bertz CT molecular complexity index is 507. The second-order valence-electron chi connectivity index (χ2n) is 5.89. The number of benzene rings is 1. The molecule has 0 radical (unpaired) electrons. The smallest absolute Gasteiger partial charge is 0.139 e. The summed E-state index contributed by atoms with van der Waals surface area (Å²) in [4.78, 5) is -0.0603. The van der Waals surface area contributed by atoms with Gasteiger partial charge in [-0.15, -0.1) is 0 Å². The van der Waals surface area contributed by atoms with Crippen molar-refractivity contribution in [2.45, 2.75) is 49.3 Å². The molecule has 0 bridgehead atoms. The highest BCUT2D eigenvalue weighted by molar-refractivity contribution is 7.85. The van der Waals surface area contributed by atoms with E-state index in [1.54, 1.807) is 0 Å². The van der Waals surface area contributed by atoms with E-state index < -0.39 is 22.4 Å². The van der Waals surface area contributed by atoms with Gasteiger partial charge in [-0.05, 0) is 49.3 Å². The Hall–Kier alpha value is -0.810. The molecule has 2 nitrogen and oxygen atoms in total. The van der Waals surface area contributed by atoms with Crippen LogP contribution in [0.3, 0.4) is 0 Å². The molecule has 5 heteroatoms. The van der Waals surface area contributed by atoms with E-state index >= 15 is 0 Å². The van der Waals surface area contributed by atoms with Gasteiger partial charge in [-0.25, -0.2) is 8.78 Å². The summed E-state index contributed by atoms with van der Waals surface area (Å²) in [7, 11) is -1.60. The molecule has 112 valence electrons. The van der Waals surface area contributed by atoms with Gasteiger partial charge in [0.05, 0.1) is 20.9 Å². The molecule has 0 saturated heterocycles. The molecule has 1 aliphatic rings. The molecule has 0 spiro atoms. The van der Waals surface area contributed by atoms with Crippen LogP contribution >= 0.6 is 0 Å². The van der Waals surface area contributed by atoms with Crippen molar-refractivity contribution in [2.75, 3.05) is 0 Å². The van der Waals surface area contributed by atoms with E-state index in [2.05, 4.69) is 13.8 Å². The third-order valence-corrected chi connectivity index (χ3v) is 6.05. The molecule has 1 saturated carbocycles. The van der Waals surface area contributed by atoms with Crippen LogP contribution in [-0.4, -0.2) is 15.5 Å². The molecule has 1 aromatic carbocycles. The Morgan fingerprint density at radius 3 is 2.65 bits per heavy atom. The Morgan fingerprint density at radius 1 is 1.30 bits per heavy atom. The van der Waals surface area contributed by atoms with Crippen molar-refractivity contribution in [1.82, 2.24) is 0 Å². The summed E-state index contributed by atoms with van der Waals surface area (Å²) in [5.41, 5.74) is 6.06. The fraction of sp³-hybridized carbons (Fsp3) is 0.600. The second-order valence-corrected chi connectivity index (χ2v) is 7.53. The largest absolute Gasteiger partial charge is 0.327 e. The predicted molar refractivity (Wildman–Crippen MR) is 76.7 cm³/mol. The molecule has 4 atom stereocenters. The minimum atomic E-state index is -1.60. The topological polar surface area (TPSA) is 43.1 Å². The van der Waals surface area contributed by atoms with Gasteiger partial charge >= 0.3 is 0 Å². The zero-order valence-corrected chi connectivity index (χ0v) is 12.6. The van der Waals surface area contributed by atoms with Gasteiger partial charge in [0.2, 0.25) is 0 Å². The number of nitrogens with two attached hydrogens (primary N) is 1. The van der Waals surface area contributed by atoms with Crippen LogP contribution in [0.15, 0.2) is 23.1 Å². The SMILES string of the molecule is CC(C)C1CCC(N)C(S(=O)c2cc(F)ccc2F)C1. The minimum Gasteiger partial charge on any atom is -0.327 e. The van der Waals surface area contributed by atoms with Crippen LogP contribution < -0.4 is 5.73 Å². The van der Waals surface area contributed by atoms with E-state index in [0.717, 1.165) is 31.0 Å². The van der Waals surface area contributed by atoms with Crippen molar-refractivity contribution < 1.29 is 13.0 Å². The summed E-state index contributed by atoms with van der Waals surface area (Å²) >= 11 is 0. The molecule has 0 heterocycles. The minimum absolute atomic E-state index is 0.0603. The lowest BCUT2D eigenvalue weighted by molar-refractivity contribution is 0.263. The second kappa shape index (κ2) is 6.31. The third-order valence-electron chi connectivity index (χ3n) is 4.21. The van der Waals surface area contributed by atoms with E-state index in [0.29, 0.717) is 18.3 Å². The lowest BCUT2D eigenvalue weighted by atomic mass is 9.79. The van der Waals surface area contributed by atoms with Gasteiger partial charge in [-0.3, -0.25) is 4.21 Å². The van der Waals surface area contributed by atoms with Gasteiger partial charge < -0.3 is 5.73 Å². The average molecular weight is 301 g/mol. The lowest BCUT2D eigenvalue weighted by Gasteiger charge is -2.35. The summed E-state index contributed by atoms with van der Waals surface area (Å²) in [6.45, 7) is 4.26. The van der Waals surface area contributed by atoms with Crippen LogP contribution in [0.1, 0.15) is 33.1 Å². The van der Waals surface area contributed by atoms with Crippen LogP contribution in [-0.2, 0) is 10.8 Å². The summed E-state index contributed by atoms with van der Waals surface area (Å²) in [6.07, 6.45) is 2.51. The highest BCUT2D eigenvalue weighted by atomic mass is 32.2. The first-order valence-electron chi connectivity index (χ1n) is 7.01. The molecule has 1 aromatic rings. The number of rotatable bonds is 3. The summed E-state index contributed by atoms with van der Waals surface area (Å²) in [5.74, 6) is -0.261. The molecule has 0 aliphatic heterocycles. The maximum Gasteiger partial charge on any atom is 0.139 e. The van der Waals surface area contributed by atoms with Gasteiger partial charge in [-0.2, -0.15) is 0 Å². The van der Waals surface area contributed by atoms with Crippen LogP contribution in [0.5, 0.6) is 0 Å². The molecular formula is C15H21F2NOS. The fourth-order valence-corrected chi connectivity index (χ4v) is 4.52. The molecule has 4 unspecified atom stereocenters. The zero-order chi connectivity index (χ0) is 14.9. The van der Waals surface area contributed by atoms with E-state index in [1.807, 2.05) is 0 Å². The number of halogens is 2. The normalized spacial score (nSPS) is 28.6. The molecule has 1 aliphatic carbocycles. The van der Waals surface area contributed by atoms with Gasteiger partial charge in [0, 0.05) is 6.04 Å². The first-order valence-corrected chi connectivity index (χ1v) is 8.22. The first-order chi connectivity index (χ1) is 9.40. The summed E-state index contributed by atoms with van der Waals surface area (Å²) in [6, 6.07) is 2.87. The van der Waals surface area contributed by atoms with E-state index in [9.17, 15) is 13.0 Å². The van der Waals surface area contributed by atoms with Crippen LogP contribution in [0.4, 0.5) is 8.78 Å². The van der Waals surface area contributed by atoms with Crippen molar-refractivity contribution in [2.24, 2.45) is 17.6 Å². The van der Waals surface area contributed by atoms with Crippen LogP contribution in [0.2, 0.25) is 0 Å². The van der Waals surface area contributed by atoms with Crippen molar-refractivity contribution in [3.8, 4) is 0 Å². The lowest BCUT2D eigenvalue weighted by Crippen LogP contribution is -2.44. The van der Waals surface area contributed by atoms with E-state index in [4.69, 9.17) is 5.73 Å². The molecule has 0 amide bonds. The molecule has 1 fully saturated rings. The molecular weight excluding hydrogens is 280 g/mol. The zero-order valence-electron chi connectivity index (χ0n) is 11.8. The van der Waals surface area contributed by atoms with E-state index in [1.165, 1.54) is 0 Å². The number of hydrogen-bond acceptors (Lipinski definition) is 2. The van der Waals surface area contributed by atoms with Crippen LogP contribution in [0, 0.1) is 23.5 Å². The van der Waals surface area contributed by atoms with E-state index in [-0.39, 0.29) is 16.2 Å². The average Bonchev–Trinajstić information content (AvgIpc) is 2.41. The Kier molecular flexibility index (Phi) is 4.91. The fourth-order valence-electron chi connectivity index (χ4n) is 2.83. The van der Waals surface area contributed by atoms with Crippen molar-refractivity contribution in [3.05, 3.63) is 29.8 Å². The quantitative estimate of drug-likeness (QED) is 0.931. The van der Waals surface area contributed by atoms with Gasteiger partial charge in [-0.1, -0.05) is 13.8 Å². The third kappa shape index (κ3) is 3.26. The molecule has 2 N–H and O–H groups in total. The van der Waals surface area contributed by atoms with Gasteiger partial charge in [0.1, 0.15) is 11.6 Å². The van der Waals surface area contributed by atoms with Crippen molar-refractivity contribution in [3.63, 3.8) is 0 Å². The summed E-state index contributed by atoms with van der Waals surface area (Å²) in [5, 5.41) is -0.299. The van der Waals surface area contributed by atoms with Gasteiger partial charge in [0.15, 0.2) is 0 Å². The Labute approximate surface area is 121 Å². The monoisotopic (exact) mass is 301 g/mol. The maximum absolute atomic E-state index is 13.8. The summed E-state index contributed by atoms with van der Waals surface area (Å²) < 4.78 is 39.6. The van der Waals surface area contributed by atoms with Crippen molar-refractivity contribution in [1.29, 1.82) is 0 Å². The van der Waals surface area contributed by atoms with Crippen LogP contribution in [0.25, 0.3) is 0 Å².